The second kappa shape index (κ2) is 10.1. The van der Waals surface area contributed by atoms with E-state index in [4.69, 9.17) is 0 Å². The van der Waals surface area contributed by atoms with Gasteiger partial charge in [0.2, 0.25) is 5.91 Å². The summed E-state index contributed by atoms with van der Waals surface area (Å²) in [5.74, 6) is 1.16. The number of rotatable bonds is 9. The van der Waals surface area contributed by atoms with Crippen LogP contribution in [0.2, 0.25) is 0 Å². The normalized spacial score (nSPS) is 27.2. The summed E-state index contributed by atoms with van der Waals surface area (Å²) in [4.78, 5) is 13.4. The van der Waals surface area contributed by atoms with Crippen molar-refractivity contribution in [2.24, 2.45) is 17.8 Å². The third-order valence-corrected chi connectivity index (χ3v) is 6.91. The summed E-state index contributed by atoms with van der Waals surface area (Å²) < 4.78 is 0. The highest BCUT2D eigenvalue weighted by atomic mass is 16.3. The highest BCUT2D eigenvalue weighted by Crippen LogP contribution is 2.48. The number of hydrogen-bond donors (Lipinski definition) is 2. The number of benzene rings is 1. The summed E-state index contributed by atoms with van der Waals surface area (Å²) in [6.07, 6.45) is 12.0. The standard InChI is InChI=1S/C27H39NO3/c1-19-8-7-10-21(14-19)18-27(2,31)13-12-23-24-16-20(15-22(24)17-25(23)29)9-5-6-11-26(30)28(3)4/h7-8,10,12-15,22-25,29,31H,5-6,9,11,16-18H2,1-4H3/t22-,23+,24-,25+,27+/m0/s1. The van der Waals surface area contributed by atoms with Gasteiger partial charge < -0.3 is 15.1 Å². The van der Waals surface area contributed by atoms with Crippen LogP contribution in [0, 0.1) is 24.7 Å². The number of aryl methyl sites for hydroxylation is 1. The van der Waals surface area contributed by atoms with Gasteiger partial charge in [0.1, 0.15) is 0 Å². The Bertz CT molecular complexity index is 824. The molecule has 0 radical (unpaired) electrons. The average molecular weight is 426 g/mol. The van der Waals surface area contributed by atoms with Crippen molar-refractivity contribution < 1.29 is 15.0 Å². The molecule has 31 heavy (non-hydrogen) atoms. The van der Waals surface area contributed by atoms with Crippen molar-refractivity contribution >= 4 is 5.91 Å². The largest absolute Gasteiger partial charge is 0.392 e. The first kappa shape index (κ1) is 23.7. The van der Waals surface area contributed by atoms with Crippen LogP contribution in [-0.4, -0.2) is 46.8 Å². The van der Waals surface area contributed by atoms with Gasteiger partial charge in [-0.25, -0.2) is 0 Å². The minimum atomic E-state index is -0.931. The summed E-state index contributed by atoms with van der Waals surface area (Å²) in [6, 6.07) is 8.25. The molecule has 0 unspecified atom stereocenters. The van der Waals surface area contributed by atoms with Gasteiger partial charge in [0.05, 0.1) is 11.7 Å². The van der Waals surface area contributed by atoms with Gasteiger partial charge in [-0.05, 0) is 63.4 Å². The Morgan fingerprint density at radius 3 is 2.77 bits per heavy atom. The highest BCUT2D eigenvalue weighted by Gasteiger charge is 2.43. The van der Waals surface area contributed by atoms with Crippen LogP contribution in [0.4, 0.5) is 0 Å². The number of unbranched alkanes of at least 4 members (excludes halogenated alkanes) is 1. The van der Waals surface area contributed by atoms with Crippen molar-refractivity contribution in [1.82, 2.24) is 4.90 Å². The lowest BCUT2D eigenvalue weighted by atomic mass is 9.86. The smallest absolute Gasteiger partial charge is 0.222 e. The summed E-state index contributed by atoms with van der Waals surface area (Å²) >= 11 is 0. The number of carbonyl (C=O) groups is 1. The van der Waals surface area contributed by atoms with Gasteiger partial charge in [0.15, 0.2) is 0 Å². The van der Waals surface area contributed by atoms with Crippen LogP contribution in [0.15, 0.2) is 48.1 Å². The fraction of sp³-hybridized carbons (Fsp3) is 0.593. The molecule has 2 N–H and O–H groups in total. The molecule has 170 valence electrons. The molecule has 0 spiro atoms. The average Bonchev–Trinajstić information content (AvgIpc) is 3.19. The van der Waals surface area contributed by atoms with Gasteiger partial charge in [-0.15, -0.1) is 0 Å². The van der Waals surface area contributed by atoms with E-state index in [9.17, 15) is 15.0 Å². The molecule has 2 aliphatic carbocycles. The van der Waals surface area contributed by atoms with E-state index in [0.29, 0.717) is 24.7 Å². The first-order chi connectivity index (χ1) is 14.6. The van der Waals surface area contributed by atoms with Crippen molar-refractivity contribution in [3.05, 3.63) is 59.2 Å². The highest BCUT2D eigenvalue weighted by molar-refractivity contribution is 5.75. The maximum absolute atomic E-state index is 11.7. The Hall–Kier alpha value is -1.91. The van der Waals surface area contributed by atoms with Crippen LogP contribution in [0.25, 0.3) is 0 Å². The molecular weight excluding hydrogens is 386 g/mol. The summed E-state index contributed by atoms with van der Waals surface area (Å²) in [7, 11) is 3.61. The summed E-state index contributed by atoms with van der Waals surface area (Å²) in [6.45, 7) is 3.91. The van der Waals surface area contributed by atoms with E-state index < -0.39 is 5.60 Å². The summed E-state index contributed by atoms with van der Waals surface area (Å²) in [5.41, 5.74) is 2.86. The van der Waals surface area contributed by atoms with Gasteiger partial charge in [-0.3, -0.25) is 4.79 Å². The second-order valence-electron chi connectivity index (χ2n) is 10.1. The molecule has 2 aliphatic rings. The zero-order valence-electron chi connectivity index (χ0n) is 19.6. The maximum Gasteiger partial charge on any atom is 0.222 e. The molecule has 0 aliphatic heterocycles. The molecule has 4 nitrogen and oxygen atoms in total. The fourth-order valence-electron chi connectivity index (χ4n) is 5.26. The third kappa shape index (κ3) is 6.54. The minimum absolute atomic E-state index is 0.0954. The first-order valence-electron chi connectivity index (χ1n) is 11.7. The van der Waals surface area contributed by atoms with Gasteiger partial charge in [0, 0.05) is 32.9 Å². The van der Waals surface area contributed by atoms with Gasteiger partial charge in [0.25, 0.3) is 0 Å². The third-order valence-electron chi connectivity index (χ3n) is 6.91. The molecule has 5 atom stereocenters. The van der Waals surface area contributed by atoms with Crippen LogP contribution in [0.1, 0.15) is 56.6 Å². The van der Waals surface area contributed by atoms with Gasteiger partial charge in [-0.1, -0.05) is 53.6 Å². The van der Waals surface area contributed by atoms with E-state index in [0.717, 1.165) is 37.7 Å². The predicted molar refractivity (Wildman–Crippen MR) is 126 cm³/mol. The van der Waals surface area contributed by atoms with E-state index in [2.05, 4.69) is 37.3 Å². The Morgan fingerprint density at radius 1 is 1.29 bits per heavy atom. The van der Waals surface area contributed by atoms with E-state index in [1.54, 1.807) is 19.0 Å². The van der Waals surface area contributed by atoms with Gasteiger partial charge in [-0.2, -0.15) is 0 Å². The Labute approximate surface area is 187 Å². The molecule has 0 heterocycles. The van der Waals surface area contributed by atoms with Crippen LogP contribution in [0.3, 0.4) is 0 Å². The predicted octanol–water partition coefficient (Wildman–Crippen LogP) is 4.44. The molecule has 3 rings (SSSR count). The number of aliphatic hydroxyl groups is 2. The lowest BCUT2D eigenvalue weighted by Crippen LogP contribution is -2.26. The molecule has 0 bridgehead atoms. The molecule has 1 aromatic rings. The van der Waals surface area contributed by atoms with E-state index in [1.165, 1.54) is 11.1 Å². The molecule has 1 fully saturated rings. The number of aliphatic hydroxyl groups excluding tert-OH is 1. The second-order valence-corrected chi connectivity index (χ2v) is 10.1. The number of carbonyl (C=O) groups excluding carboxylic acids is 1. The molecule has 1 saturated carbocycles. The van der Waals surface area contributed by atoms with Crippen LogP contribution in [-0.2, 0) is 11.2 Å². The fourth-order valence-corrected chi connectivity index (χ4v) is 5.26. The van der Waals surface area contributed by atoms with Gasteiger partial charge >= 0.3 is 0 Å². The van der Waals surface area contributed by atoms with Crippen LogP contribution in [0.5, 0.6) is 0 Å². The number of hydrogen-bond acceptors (Lipinski definition) is 3. The minimum Gasteiger partial charge on any atom is -0.392 e. The Balaban J connectivity index is 1.52. The quantitative estimate of drug-likeness (QED) is 0.454. The molecule has 1 aromatic carbocycles. The van der Waals surface area contributed by atoms with E-state index >= 15 is 0 Å². The lowest BCUT2D eigenvalue weighted by molar-refractivity contribution is -0.128. The first-order valence-corrected chi connectivity index (χ1v) is 11.7. The number of amides is 1. The van der Waals surface area contributed by atoms with E-state index in [-0.39, 0.29) is 17.9 Å². The number of nitrogens with zero attached hydrogens (tertiary/aromatic N) is 1. The van der Waals surface area contributed by atoms with Crippen molar-refractivity contribution in [3.63, 3.8) is 0 Å². The molecule has 0 saturated heterocycles. The maximum atomic E-state index is 11.7. The van der Waals surface area contributed by atoms with Crippen molar-refractivity contribution in [2.75, 3.05) is 14.1 Å². The van der Waals surface area contributed by atoms with Crippen molar-refractivity contribution in [3.8, 4) is 0 Å². The molecule has 0 aromatic heterocycles. The number of fused-ring (bicyclic) bond motifs is 1. The number of allylic oxidation sites excluding steroid dienone is 2. The molecule has 1 amide bonds. The Kier molecular flexibility index (Phi) is 7.77. The SMILES string of the molecule is Cc1cccc(C[C@](C)(O)C=C[C@@H]2[C@H]3CC(CCCCC(=O)N(C)C)=C[C@H]3C[C@H]2O)c1. The van der Waals surface area contributed by atoms with E-state index in [1.807, 2.05) is 19.1 Å². The molecule has 4 heteroatoms. The van der Waals surface area contributed by atoms with Crippen molar-refractivity contribution in [1.29, 1.82) is 0 Å². The zero-order valence-corrected chi connectivity index (χ0v) is 19.6. The Morgan fingerprint density at radius 2 is 2.06 bits per heavy atom. The zero-order chi connectivity index (χ0) is 22.6. The van der Waals surface area contributed by atoms with Crippen LogP contribution >= 0.6 is 0 Å². The van der Waals surface area contributed by atoms with Crippen molar-refractivity contribution in [2.45, 2.75) is 70.5 Å². The molecular formula is C27H39NO3. The lowest BCUT2D eigenvalue weighted by Gasteiger charge is -2.23. The van der Waals surface area contributed by atoms with Crippen LogP contribution < -0.4 is 0 Å². The summed E-state index contributed by atoms with van der Waals surface area (Å²) in [5, 5.41) is 21.5. The topological polar surface area (TPSA) is 60.8 Å². The monoisotopic (exact) mass is 425 g/mol.